The third-order valence-corrected chi connectivity index (χ3v) is 4.43. The van der Waals surface area contributed by atoms with Crippen LogP contribution in [0.5, 0.6) is 0 Å². The van der Waals surface area contributed by atoms with Crippen LogP contribution in [0.1, 0.15) is 5.56 Å². The molecule has 0 amide bonds. The summed E-state index contributed by atoms with van der Waals surface area (Å²) in [6.45, 7) is 0.434. The number of rotatable bonds is 5. The van der Waals surface area contributed by atoms with Gasteiger partial charge in [-0.25, -0.2) is 18.4 Å². The Bertz CT molecular complexity index is 1210. The third kappa shape index (κ3) is 3.60. The van der Waals surface area contributed by atoms with Gasteiger partial charge in [0.1, 0.15) is 11.2 Å². The molecule has 9 nitrogen and oxygen atoms in total. The number of benzene rings is 1. The molecule has 0 radical (unpaired) electrons. The first-order chi connectivity index (χ1) is 12.9. The number of nitrogens with zero attached hydrogens (tertiary/aromatic N) is 4. The number of nitrogens with two attached hydrogens (primary N) is 1. The van der Waals surface area contributed by atoms with Crippen molar-refractivity contribution in [2.45, 2.75) is 6.54 Å². The van der Waals surface area contributed by atoms with Crippen LogP contribution in [0.2, 0.25) is 0 Å². The van der Waals surface area contributed by atoms with E-state index in [1.54, 1.807) is 42.9 Å². The summed E-state index contributed by atoms with van der Waals surface area (Å²) in [5.74, 6) is 0.668. The molecular formula is C17H16N6O3S. The lowest BCUT2D eigenvalue weighted by atomic mass is 10.2. The number of nitrogens with one attached hydrogen (secondary N) is 1. The van der Waals surface area contributed by atoms with Gasteiger partial charge in [0.05, 0.1) is 25.4 Å². The van der Waals surface area contributed by atoms with Crippen molar-refractivity contribution in [1.82, 2.24) is 19.5 Å². The first-order valence-electron chi connectivity index (χ1n) is 7.98. The Hall–Kier alpha value is -3.40. The second-order valence-corrected chi connectivity index (χ2v) is 7.78. The predicted molar refractivity (Wildman–Crippen MR) is 101 cm³/mol. The van der Waals surface area contributed by atoms with E-state index in [4.69, 9.17) is 10.2 Å². The minimum absolute atomic E-state index is 0.114. The molecule has 27 heavy (non-hydrogen) atoms. The molecule has 0 saturated heterocycles. The van der Waals surface area contributed by atoms with E-state index < -0.39 is 10.0 Å². The molecule has 0 fully saturated rings. The van der Waals surface area contributed by atoms with E-state index in [-0.39, 0.29) is 5.95 Å². The Kier molecular flexibility index (Phi) is 4.04. The van der Waals surface area contributed by atoms with Crippen LogP contribution < -0.4 is 10.5 Å². The van der Waals surface area contributed by atoms with Crippen LogP contribution in [0.25, 0.3) is 22.6 Å². The van der Waals surface area contributed by atoms with Crippen LogP contribution in [0.15, 0.2) is 53.4 Å². The van der Waals surface area contributed by atoms with Gasteiger partial charge in [-0.1, -0.05) is 12.1 Å². The van der Waals surface area contributed by atoms with E-state index in [9.17, 15) is 8.42 Å². The zero-order chi connectivity index (χ0) is 19.0. The molecule has 0 saturated carbocycles. The van der Waals surface area contributed by atoms with Gasteiger partial charge >= 0.3 is 0 Å². The third-order valence-electron chi connectivity index (χ3n) is 3.82. The Labute approximate surface area is 154 Å². The molecule has 4 aromatic rings. The summed E-state index contributed by atoms with van der Waals surface area (Å²) in [6, 6.07) is 10.6. The molecule has 0 atom stereocenters. The van der Waals surface area contributed by atoms with Crippen LogP contribution in [0.3, 0.4) is 0 Å². The molecule has 1 aromatic carbocycles. The lowest BCUT2D eigenvalue weighted by molar-refractivity contribution is 0.580. The summed E-state index contributed by atoms with van der Waals surface area (Å²) in [6.07, 6.45) is 4.30. The smallest absolute Gasteiger partial charge is 0.229 e. The van der Waals surface area contributed by atoms with Gasteiger partial charge in [-0.15, -0.1) is 0 Å². The maximum absolute atomic E-state index is 11.4. The number of imidazole rings is 1. The number of sulfonamides is 1. The van der Waals surface area contributed by atoms with Gasteiger partial charge in [-0.2, -0.15) is 4.98 Å². The summed E-state index contributed by atoms with van der Waals surface area (Å²) in [7, 11) is -3.34. The van der Waals surface area contributed by atoms with Gasteiger partial charge in [-0.3, -0.25) is 4.72 Å². The molecule has 0 aliphatic rings. The lowest BCUT2D eigenvalue weighted by Gasteiger charge is -2.08. The number of nitrogen functional groups attached to an aromatic ring is 1. The Morgan fingerprint density at radius 2 is 2.07 bits per heavy atom. The molecule has 0 bridgehead atoms. The molecule has 0 spiro atoms. The van der Waals surface area contributed by atoms with Crippen LogP contribution in [0.4, 0.5) is 11.6 Å². The Balaban J connectivity index is 1.73. The zero-order valence-electron chi connectivity index (χ0n) is 14.3. The number of aromatic nitrogens is 4. The first kappa shape index (κ1) is 17.0. The van der Waals surface area contributed by atoms with E-state index in [1.165, 1.54) is 0 Å². The molecule has 138 valence electrons. The van der Waals surface area contributed by atoms with Crippen molar-refractivity contribution in [2.24, 2.45) is 0 Å². The maximum atomic E-state index is 11.4. The highest BCUT2D eigenvalue weighted by Gasteiger charge is 2.16. The summed E-state index contributed by atoms with van der Waals surface area (Å²) < 4.78 is 32.5. The maximum Gasteiger partial charge on any atom is 0.229 e. The molecule has 0 unspecified atom stereocenters. The Morgan fingerprint density at radius 3 is 2.81 bits per heavy atom. The monoisotopic (exact) mass is 384 g/mol. The highest BCUT2D eigenvalue weighted by Crippen LogP contribution is 2.26. The molecule has 0 aliphatic heterocycles. The Morgan fingerprint density at radius 1 is 1.22 bits per heavy atom. The number of hydrogen-bond donors (Lipinski definition) is 2. The van der Waals surface area contributed by atoms with E-state index in [1.807, 2.05) is 10.6 Å². The summed E-state index contributed by atoms with van der Waals surface area (Å²) in [4.78, 5) is 12.9. The molecule has 0 aliphatic carbocycles. The van der Waals surface area contributed by atoms with Crippen molar-refractivity contribution in [3.05, 3.63) is 54.6 Å². The standard InChI is InChI=1S/C17H16N6O3S/c1-27(24,25)22-12-5-2-4-11(8-12)9-23-10-19-15-14(13-6-3-7-26-13)20-17(18)21-16(15)23/h2-8,10,22H,9H2,1H3,(H2,18,20,21). The van der Waals surface area contributed by atoms with E-state index >= 15 is 0 Å². The largest absolute Gasteiger partial charge is 0.463 e. The van der Waals surface area contributed by atoms with Crippen molar-refractivity contribution >= 4 is 32.8 Å². The van der Waals surface area contributed by atoms with Gasteiger partial charge in [0.15, 0.2) is 11.4 Å². The number of hydrogen-bond acceptors (Lipinski definition) is 7. The van der Waals surface area contributed by atoms with Crippen molar-refractivity contribution < 1.29 is 12.8 Å². The molecule has 10 heteroatoms. The summed E-state index contributed by atoms with van der Waals surface area (Å²) in [5, 5.41) is 0. The fourth-order valence-corrected chi connectivity index (χ4v) is 3.36. The van der Waals surface area contributed by atoms with Crippen molar-refractivity contribution in [3.63, 3.8) is 0 Å². The predicted octanol–water partition coefficient (Wildman–Crippen LogP) is 2.09. The minimum atomic E-state index is -3.34. The van der Waals surface area contributed by atoms with Crippen LogP contribution in [-0.2, 0) is 16.6 Å². The molecule has 3 aromatic heterocycles. The minimum Gasteiger partial charge on any atom is -0.463 e. The normalized spacial score (nSPS) is 11.7. The topological polar surface area (TPSA) is 129 Å². The van der Waals surface area contributed by atoms with Gasteiger partial charge < -0.3 is 14.7 Å². The quantitative estimate of drug-likeness (QED) is 0.539. The zero-order valence-corrected chi connectivity index (χ0v) is 15.1. The molecule has 3 N–H and O–H groups in total. The SMILES string of the molecule is CS(=O)(=O)Nc1cccc(Cn2cnc3c(-c4ccco4)nc(N)nc32)c1. The van der Waals surface area contributed by atoms with Gasteiger partial charge in [-0.05, 0) is 29.8 Å². The lowest BCUT2D eigenvalue weighted by Crippen LogP contribution is -2.10. The number of anilines is 2. The summed E-state index contributed by atoms with van der Waals surface area (Å²) in [5.41, 5.74) is 8.89. The van der Waals surface area contributed by atoms with Gasteiger partial charge in [0.25, 0.3) is 0 Å². The van der Waals surface area contributed by atoms with Gasteiger partial charge in [0, 0.05) is 5.69 Å². The van der Waals surface area contributed by atoms with Gasteiger partial charge in [0.2, 0.25) is 16.0 Å². The average molecular weight is 384 g/mol. The van der Waals surface area contributed by atoms with E-state index in [0.29, 0.717) is 34.9 Å². The number of furan rings is 1. The average Bonchev–Trinajstić information content (AvgIpc) is 3.24. The second kappa shape index (κ2) is 6.40. The highest BCUT2D eigenvalue weighted by atomic mass is 32.2. The van der Waals surface area contributed by atoms with Crippen molar-refractivity contribution in [2.75, 3.05) is 16.7 Å². The fraction of sp³-hybridized carbons (Fsp3) is 0.118. The van der Waals surface area contributed by atoms with Crippen LogP contribution in [0, 0.1) is 0 Å². The highest BCUT2D eigenvalue weighted by molar-refractivity contribution is 7.92. The van der Waals surface area contributed by atoms with Crippen molar-refractivity contribution in [3.8, 4) is 11.5 Å². The van der Waals surface area contributed by atoms with E-state index in [2.05, 4.69) is 19.7 Å². The van der Waals surface area contributed by atoms with Crippen molar-refractivity contribution in [1.29, 1.82) is 0 Å². The summed E-state index contributed by atoms with van der Waals surface area (Å²) >= 11 is 0. The number of fused-ring (bicyclic) bond motifs is 1. The molecule has 3 heterocycles. The first-order valence-corrected chi connectivity index (χ1v) is 9.87. The molecular weight excluding hydrogens is 368 g/mol. The molecule has 4 rings (SSSR count). The van der Waals surface area contributed by atoms with Crippen LogP contribution >= 0.6 is 0 Å². The fourth-order valence-electron chi connectivity index (χ4n) is 2.81. The van der Waals surface area contributed by atoms with Crippen LogP contribution in [-0.4, -0.2) is 34.2 Å². The second-order valence-electron chi connectivity index (χ2n) is 6.03. The van der Waals surface area contributed by atoms with E-state index in [0.717, 1.165) is 11.8 Å².